The molecule has 2 heterocycles. The topological polar surface area (TPSA) is 68.9 Å². The number of aromatic nitrogens is 3. The molecule has 0 spiro atoms. The lowest BCUT2D eigenvalue weighted by Gasteiger charge is -2.13. The number of halogens is 1. The Bertz CT molecular complexity index is 1240. The fourth-order valence-electron chi connectivity index (χ4n) is 3.25. The maximum Gasteiger partial charge on any atom is 0.280 e. The van der Waals surface area contributed by atoms with Gasteiger partial charge in [-0.15, -0.1) is 0 Å². The third-order valence-corrected chi connectivity index (χ3v) is 4.73. The minimum atomic E-state index is -0.524. The van der Waals surface area contributed by atoms with Gasteiger partial charge < -0.3 is 5.32 Å². The largest absolute Gasteiger partial charge is 0.322 e. The zero-order chi connectivity index (χ0) is 20.4. The first-order valence-corrected chi connectivity index (χ1v) is 9.28. The number of hydrogen-bond donors (Lipinski definition) is 1. The van der Waals surface area contributed by atoms with E-state index >= 15 is 0 Å². The molecule has 0 saturated heterocycles. The van der Waals surface area contributed by atoms with E-state index < -0.39 is 11.7 Å². The Morgan fingerprint density at radius 1 is 1.07 bits per heavy atom. The highest BCUT2D eigenvalue weighted by Crippen LogP contribution is 2.16. The van der Waals surface area contributed by atoms with Crippen molar-refractivity contribution in [1.29, 1.82) is 0 Å². The number of anilines is 1. The van der Waals surface area contributed by atoms with Crippen molar-refractivity contribution in [2.75, 3.05) is 5.32 Å². The number of hydrogen-bond acceptors (Lipinski definition) is 3. The van der Waals surface area contributed by atoms with E-state index in [0.29, 0.717) is 16.7 Å². The first-order chi connectivity index (χ1) is 14.1. The lowest BCUT2D eigenvalue weighted by Crippen LogP contribution is -2.27. The monoisotopic (exact) mass is 390 g/mol. The molecular weight excluding hydrogens is 371 g/mol. The summed E-state index contributed by atoms with van der Waals surface area (Å²) in [5.74, 6) is -0.986. The number of carbonyl (C=O) groups excluding carboxylic acids is 1. The molecule has 0 bridgehead atoms. The molecule has 1 N–H and O–H groups in total. The predicted molar refractivity (Wildman–Crippen MR) is 110 cm³/mol. The van der Waals surface area contributed by atoms with Crippen LogP contribution in [0.2, 0.25) is 0 Å². The number of fused-ring (bicyclic) bond motifs is 1. The molecule has 0 unspecified atom stereocenters. The highest BCUT2D eigenvalue weighted by molar-refractivity contribution is 5.91. The van der Waals surface area contributed by atoms with Gasteiger partial charge in [-0.3, -0.25) is 14.3 Å². The van der Waals surface area contributed by atoms with Crippen molar-refractivity contribution in [2.45, 2.75) is 19.9 Å². The Morgan fingerprint density at radius 2 is 1.83 bits per heavy atom. The van der Waals surface area contributed by atoms with Crippen molar-refractivity contribution < 1.29 is 9.18 Å². The van der Waals surface area contributed by atoms with Crippen LogP contribution in [-0.2, 0) is 17.8 Å². The maximum absolute atomic E-state index is 13.9. The second-order valence-electron chi connectivity index (χ2n) is 6.60. The molecule has 0 saturated carbocycles. The summed E-state index contributed by atoms with van der Waals surface area (Å²) in [4.78, 5) is 29.9. The van der Waals surface area contributed by atoms with Gasteiger partial charge in [0.05, 0.1) is 16.8 Å². The summed E-state index contributed by atoms with van der Waals surface area (Å²) in [5.41, 5.74) is 1.98. The minimum Gasteiger partial charge on any atom is -0.322 e. The van der Waals surface area contributed by atoms with Crippen LogP contribution in [0.25, 0.3) is 16.7 Å². The average Bonchev–Trinajstić information content (AvgIpc) is 3.02. The second-order valence-corrected chi connectivity index (χ2v) is 6.60. The first-order valence-electron chi connectivity index (χ1n) is 9.28. The molecule has 6 nitrogen and oxygen atoms in total. The number of benzene rings is 2. The number of amides is 1. The van der Waals surface area contributed by atoms with Gasteiger partial charge in [-0.25, -0.2) is 14.1 Å². The van der Waals surface area contributed by atoms with E-state index in [0.717, 1.165) is 12.0 Å². The molecule has 0 radical (unpaired) electrons. The molecule has 0 aliphatic heterocycles. The van der Waals surface area contributed by atoms with Crippen LogP contribution in [0.15, 0.2) is 71.7 Å². The van der Waals surface area contributed by atoms with Crippen molar-refractivity contribution in [1.82, 2.24) is 14.3 Å². The van der Waals surface area contributed by atoms with E-state index in [1.165, 1.54) is 21.5 Å². The zero-order valence-electron chi connectivity index (χ0n) is 15.8. The summed E-state index contributed by atoms with van der Waals surface area (Å²) >= 11 is 0. The molecule has 4 aromatic rings. The zero-order valence-corrected chi connectivity index (χ0v) is 15.8. The Labute approximate surface area is 166 Å². The fraction of sp³-hybridized carbons (Fsp3) is 0.136. The van der Waals surface area contributed by atoms with Crippen molar-refractivity contribution in [2.24, 2.45) is 0 Å². The summed E-state index contributed by atoms with van der Waals surface area (Å²) in [6, 6.07) is 16.8. The summed E-state index contributed by atoms with van der Waals surface area (Å²) in [5, 5.41) is 2.96. The van der Waals surface area contributed by atoms with Gasteiger partial charge in [0.25, 0.3) is 5.56 Å². The number of para-hydroxylation sites is 1. The van der Waals surface area contributed by atoms with Gasteiger partial charge >= 0.3 is 0 Å². The number of aryl methyl sites for hydroxylation is 1. The Balaban J connectivity index is 1.77. The molecule has 1 amide bonds. The van der Waals surface area contributed by atoms with E-state index in [-0.39, 0.29) is 17.8 Å². The standard InChI is InChI=1S/C22H19FN4O2/c1-2-15-9-11-16(12-10-15)27-22(29)17-6-5-13-24-21(17)26(27)14-20(28)25-19-8-4-3-7-18(19)23/h3-13H,2,14H2,1H3,(H,25,28). The fourth-order valence-corrected chi connectivity index (χ4v) is 3.25. The van der Waals surface area contributed by atoms with Gasteiger partial charge in [-0.1, -0.05) is 31.2 Å². The first kappa shape index (κ1) is 18.6. The highest BCUT2D eigenvalue weighted by Gasteiger charge is 2.18. The molecule has 0 atom stereocenters. The molecule has 4 rings (SSSR count). The molecule has 29 heavy (non-hydrogen) atoms. The number of rotatable bonds is 5. The molecule has 146 valence electrons. The van der Waals surface area contributed by atoms with Crippen LogP contribution in [0.1, 0.15) is 12.5 Å². The van der Waals surface area contributed by atoms with Crippen LogP contribution in [0.4, 0.5) is 10.1 Å². The van der Waals surface area contributed by atoms with Gasteiger partial charge in [0.15, 0.2) is 5.65 Å². The summed E-state index contributed by atoms with van der Waals surface area (Å²) < 4.78 is 16.8. The lowest BCUT2D eigenvalue weighted by atomic mass is 10.1. The van der Waals surface area contributed by atoms with E-state index in [9.17, 15) is 14.0 Å². The highest BCUT2D eigenvalue weighted by atomic mass is 19.1. The van der Waals surface area contributed by atoms with Crippen molar-refractivity contribution in [3.63, 3.8) is 0 Å². The van der Waals surface area contributed by atoms with Gasteiger partial charge in [0.2, 0.25) is 5.91 Å². The third kappa shape index (κ3) is 3.54. The van der Waals surface area contributed by atoms with Crippen LogP contribution in [0.3, 0.4) is 0 Å². The van der Waals surface area contributed by atoms with E-state index in [2.05, 4.69) is 17.2 Å². The number of pyridine rings is 1. The SMILES string of the molecule is CCc1ccc(-n2c(=O)c3cccnc3n2CC(=O)Nc2ccccc2F)cc1. The van der Waals surface area contributed by atoms with E-state index in [1.807, 2.05) is 24.3 Å². The molecule has 0 aliphatic carbocycles. The smallest absolute Gasteiger partial charge is 0.280 e. The molecule has 7 heteroatoms. The quantitative estimate of drug-likeness (QED) is 0.567. The van der Waals surface area contributed by atoms with E-state index in [4.69, 9.17) is 0 Å². The van der Waals surface area contributed by atoms with Crippen LogP contribution in [0.5, 0.6) is 0 Å². The minimum absolute atomic E-state index is 0.0862. The number of carbonyl (C=O) groups is 1. The summed E-state index contributed by atoms with van der Waals surface area (Å²) in [6.07, 6.45) is 2.45. The molecular formula is C22H19FN4O2. The molecule has 0 aliphatic rings. The molecule has 0 fully saturated rings. The van der Waals surface area contributed by atoms with Crippen LogP contribution < -0.4 is 10.9 Å². The van der Waals surface area contributed by atoms with Crippen molar-refractivity contribution in [3.05, 3.63) is 88.6 Å². The van der Waals surface area contributed by atoms with Crippen molar-refractivity contribution in [3.8, 4) is 5.69 Å². The van der Waals surface area contributed by atoms with Crippen molar-refractivity contribution >= 4 is 22.6 Å². The van der Waals surface area contributed by atoms with Crippen LogP contribution in [0, 0.1) is 5.82 Å². The third-order valence-electron chi connectivity index (χ3n) is 4.73. The second kappa shape index (κ2) is 7.71. The Hall–Kier alpha value is -3.74. The van der Waals surface area contributed by atoms with Gasteiger partial charge in [-0.2, -0.15) is 0 Å². The molecule has 2 aromatic carbocycles. The number of nitrogens with zero attached hydrogens (tertiary/aromatic N) is 3. The van der Waals surface area contributed by atoms with Crippen LogP contribution >= 0.6 is 0 Å². The average molecular weight is 390 g/mol. The van der Waals surface area contributed by atoms with Gasteiger partial charge in [-0.05, 0) is 48.4 Å². The van der Waals surface area contributed by atoms with Gasteiger partial charge in [0.1, 0.15) is 12.4 Å². The number of nitrogens with one attached hydrogen (secondary N) is 1. The van der Waals surface area contributed by atoms with Crippen LogP contribution in [-0.4, -0.2) is 20.3 Å². The Kier molecular flexibility index (Phi) is 4.95. The Morgan fingerprint density at radius 3 is 2.55 bits per heavy atom. The summed E-state index contributed by atoms with van der Waals surface area (Å²) in [7, 11) is 0. The lowest BCUT2D eigenvalue weighted by molar-refractivity contribution is -0.117. The van der Waals surface area contributed by atoms with E-state index in [1.54, 1.807) is 30.5 Å². The summed E-state index contributed by atoms with van der Waals surface area (Å²) in [6.45, 7) is 1.86. The predicted octanol–water partition coefficient (Wildman–Crippen LogP) is 3.53. The molecule has 2 aromatic heterocycles. The normalized spacial score (nSPS) is 11.0. The maximum atomic E-state index is 13.9. The van der Waals surface area contributed by atoms with Gasteiger partial charge in [0, 0.05) is 6.20 Å².